The largest absolute Gasteiger partial charge is 0.381 e. The van der Waals surface area contributed by atoms with Gasteiger partial charge in [-0.05, 0) is 13.3 Å². The quantitative estimate of drug-likeness (QED) is 0.779. The molecule has 2 atom stereocenters. The molecular formula is C12H23NO3. The summed E-state index contributed by atoms with van der Waals surface area (Å²) in [6, 6.07) is 0.0823. The minimum Gasteiger partial charge on any atom is -0.381 e. The van der Waals surface area contributed by atoms with Crippen LogP contribution in [0.15, 0.2) is 0 Å². The first kappa shape index (κ1) is 12.3. The maximum Gasteiger partial charge on any atom is 0.0879 e. The van der Waals surface area contributed by atoms with Crippen molar-refractivity contribution in [1.82, 2.24) is 0 Å². The van der Waals surface area contributed by atoms with Gasteiger partial charge in [0.15, 0.2) is 0 Å². The van der Waals surface area contributed by atoms with Gasteiger partial charge in [0.05, 0.1) is 12.2 Å². The summed E-state index contributed by atoms with van der Waals surface area (Å²) in [5.74, 6) is 0.449. The fraction of sp³-hybridized carbons (Fsp3) is 1.00. The molecule has 2 N–H and O–H groups in total. The van der Waals surface area contributed by atoms with Crippen molar-refractivity contribution in [1.29, 1.82) is 0 Å². The Labute approximate surface area is 97.4 Å². The van der Waals surface area contributed by atoms with Crippen LogP contribution in [-0.2, 0) is 14.2 Å². The van der Waals surface area contributed by atoms with E-state index in [1.165, 1.54) is 0 Å². The van der Waals surface area contributed by atoms with Crippen LogP contribution in [0.25, 0.3) is 0 Å². The Balaban J connectivity index is 2.03. The molecule has 2 saturated heterocycles. The maximum atomic E-state index is 6.41. The highest BCUT2D eigenvalue weighted by atomic mass is 16.5. The molecule has 2 unspecified atom stereocenters. The second-order valence-corrected chi connectivity index (χ2v) is 4.76. The van der Waals surface area contributed by atoms with Crippen molar-refractivity contribution in [3.05, 3.63) is 0 Å². The van der Waals surface area contributed by atoms with Gasteiger partial charge in [-0.1, -0.05) is 0 Å². The lowest BCUT2D eigenvalue weighted by atomic mass is 9.79. The van der Waals surface area contributed by atoms with Gasteiger partial charge in [-0.2, -0.15) is 0 Å². The number of rotatable bonds is 4. The van der Waals surface area contributed by atoms with Crippen LogP contribution >= 0.6 is 0 Å². The van der Waals surface area contributed by atoms with Crippen molar-refractivity contribution in [3.63, 3.8) is 0 Å². The van der Waals surface area contributed by atoms with E-state index in [1.807, 2.05) is 6.92 Å². The zero-order valence-electron chi connectivity index (χ0n) is 10.1. The molecule has 2 aliphatic rings. The standard InChI is InChI=1S/C12H23NO3/c1-2-16-12(4-7-14-8-5-12)11(13)10-3-6-15-9-10/h10-11H,2-9,13H2,1H3. The highest BCUT2D eigenvalue weighted by molar-refractivity contribution is 4.97. The van der Waals surface area contributed by atoms with Crippen LogP contribution in [0.4, 0.5) is 0 Å². The third kappa shape index (κ3) is 2.40. The second kappa shape index (κ2) is 5.45. The van der Waals surface area contributed by atoms with E-state index in [0.29, 0.717) is 5.92 Å². The summed E-state index contributed by atoms with van der Waals surface area (Å²) < 4.78 is 16.8. The van der Waals surface area contributed by atoms with Gasteiger partial charge in [-0.25, -0.2) is 0 Å². The molecule has 4 heteroatoms. The van der Waals surface area contributed by atoms with Gasteiger partial charge >= 0.3 is 0 Å². The lowest BCUT2D eigenvalue weighted by Gasteiger charge is -2.43. The van der Waals surface area contributed by atoms with E-state index in [2.05, 4.69) is 0 Å². The van der Waals surface area contributed by atoms with E-state index in [1.54, 1.807) is 0 Å². The fourth-order valence-electron chi connectivity index (χ4n) is 2.84. The Morgan fingerprint density at radius 2 is 2.06 bits per heavy atom. The summed E-state index contributed by atoms with van der Waals surface area (Å²) in [4.78, 5) is 0. The first-order valence-corrected chi connectivity index (χ1v) is 6.33. The van der Waals surface area contributed by atoms with Gasteiger partial charge in [0.2, 0.25) is 0 Å². The van der Waals surface area contributed by atoms with Gasteiger partial charge in [0, 0.05) is 51.2 Å². The lowest BCUT2D eigenvalue weighted by molar-refractivity contribution is -0.129. The van der Waals surface area contributed by atoms with Gasteiger partial charge < -0.3 is 19.9 Å². The molecule has 4 nitrogen and oxygen atoms in total. The molecule has 0 spiro atoms. The fourth-order valence-corrected chi connectivity index (χ4v) is 2.84. The number of ether oxygens (including phenoxy) is 3. The summed E-state index contributed by atoms with van der Waals surface area (Å²) in [6.07, 6.45) is 2.90. The van der Waals surface area contributed by atoms with Crippen LogP contribution in [0.1, 0.15) is 26.2 Å². The van der Waals surface area contributed by atoms with Gasteiger partial charge in [-0.3, -0.25) is 0 Å². The summed E-state index contributed by atoms with van der Waals surface area (Å²) >= 11 is 0. The van der Waals surface area contributed by atoms with Crippen LogP contribution in [0.2, 0.25) is 0 Å². The van der Waals surface area contributed by atoms with Crippen LogP contribution in [0.3, 0.4) is 0 Å². The van der Waals surface area contributed by atoms with Gasteiger partial charge in [-0.15, -0.1) is 0 Å². The van der Waals surface area contributed by atoms with Crippen molar-refractivity contribution in [2.45, 2.75) is 37.8 Å². The smallest absolute Gasteiger partial charge is 0.0879 e. The van der Waals surface area contributed by atoms with Crippen LogP contribution in [-0.4, -0.2) is 44.7 Å². The molecule has 0 aromatic carbocycles. The molecule has 16 heavy (non-hydrogen) atoms. The third-order valence-corrected chi connectivity index (χ3v) is 3.85. The minimum atomic E-state index is -0.175. The average molecular weight is 229 g/mol. The summed E-state index contributed by atoms with van der Waals surface area (Å²) in [5, 5.41) is 0. The maximum absolute atomic E-state index is 6.41. The molecule has 0 saturated carbocycles. The number of hydrogen-bond acceptors (Lipinski definition) is 4. The van der Waals surface area contributed by atoms with Crippen molar-refractivity contribution in [3.8, 4) is 0 Å². The highest BCUT2D eigenvalue weighted by Crippen LogP contribution is 2.33. The molecule has 2 heterocycles. The topological polar surface area (TPSA) is 53.7 Å². The van der Waals surface area contributed by atoms with Crippen molar-refractivity contribution in [2.75, 3.05) is 33.0 Å². The first-order chi connectivity index (χ1) is 7.78. The van der Waals surface area contributed by atoms with Crippen LogP contribution in [0, 0.1) is 5.92 Å². The molecule has 0 aliphatic carbocycles. The molecule has 0 aromatic heterocycles. The Bertz CT molecular complexity index is 205. The van der Waals surface area contributed by atoms with Crippen molar-refractivity contribution < 1.29 is 14.2 Å². The Hall–Kier alpha value is -0.160. The van der Waals surface area contributed by atoms with Crippen molar-refractivity contribution in [2.24, 2.45) is 11.7 Å². The Morgan fingerprint density at radius 3 is 2.62 bits per heavy atom. The monoisotopic (exact) mass is 229 g/mol. The predicted molar refractivity (Wildman–Crippen MR) is 61.3 cm³/mol. The zero-order chi connectivity index (χ0) is 11.4. The molecular weight excluding hydrogens is 206 g/mol. The lowest BCUT2D eigenvalue weighted by Crippen LogP contribution is -2.57. The summed E-state index contributed by atoms with van der Waals surface area (Å²) in [7, 11) is 0. The van der Waals surface area contributed by atoms with Crippen LogP contribution < -0.4 is 5.73 Å². The molecule has 0 bridgehead atoms. The molecule has 0 radical (unpaired) electrons. The van der Waals surface area contributed by atoms with E-state index in [4.69, 9.17) is 19.9 Å². The SMILES string of the molecule is CCOC1(C(N)C2CCOC2)CCOCC1. The molecule has 0 aromatic rings. The first-order valence-electron chi connectivity index (χ1n) is 6.33. The van der Waals surface area contributed by atoms with E-state index in [9.17, 15) is 0 Å². The normalized spacial score (nSPS) is 31.5. The van der Waals surface area contributed by atoms with E-state index < -0.39 is 0 Å². The molecule has 2 fully saturated rings. The molecule has 2 rings (SSSR count). The Morgan fingerprint density at radius 1 is 1.31 bits per heavy atom. The average Bonchev–Trinajstić information content (AvgIpc) is 2.83. The second-order valence-electron chi connectivity index (χ2n) is 4.76. The molecule has 0 amide bonds. The predicted octanol–water partition coefficient (Wildman–Crippen LogP) is 0.936. The third-order valence-electron chi connectivity index (χ3n) is 3.85. The molecule has 94 valence electrons. The number of hydrogen-bond donors (Lipinski definition) is 1. The number of nitrogens with two attached hydrogens (primary N) is 1. The summed E-state index contributed by atoms with van der Waals surface area (Å²) in [6.45, 7) is 5.92. The van der Waals surface area contributed by atoms with E-state index in [-0.39, 0.29) is 11.6 Å². The minimum absolute atomic E-state index is 0.0823. The van der Waals surface area contributed by atoms with Gasteiger partial charge in [0.25, 0.3) is 0 Å². The van der Waals surface area contributed by atoms with Crippen LogP contribution in [0.5, 0.6) is 0 Å². The van der Waals surface area contributed by atoms with Gasteiger partial charge in [0.1, 0.15) is 0 Å². The zero-order valence-corrected chi connectivity index (χ0v) is 10.1. The van der Waals surface area contributed by atoms with Crippen molar-refractivity contribution >= 4 is 0 Å². The van der Waals surface area contributed by atoms with E-state index >= 15 is 0 Å². The highest BCUT2D eigenvalue weighted by Gasteiger charge is 2.43. The molecule has 2 aliphatic heterocycles. The summed E-state index contributed by atoms with van der Waals surface area (Å²) in [5.41, 5.74) is 6.24. The Kier molecular flexibility index (Phi) is 4.19. The van der Waals surface area contributed by atoms with E-state index in [0.717, 1.165) is 52.3 Å².